The Morgan fingerprint density at radius 2 is 1.23 bits per heavy atom. The Morgan fingerprint density at radius 3 is 1.54 bits per heavy atom. The van der Waals surface area contributed by atoms with Crippen LogP contribution in [0, 0.1) is 11.8 Å². The molecule has 2 aliphatic rings. The van der Waals surface area contributed by atoms with E-state index in [4.69, 9.17) is 5.53 Å². The number of fused-ring (bicyclic) bond motifs is 2. The fourth-order valence-electron chi connectivity index (χ4n) is 2.94. The van der Waals surface area contributed by atoms with Gasteiger partial charge in [-0.2, -0.15) is 4.79 Å². The molecule has 0 amide bonds. The van der Waals surface area contributed by atoms with Crippen LogP contribution in [0.1, 0.15) is 51.4 Å². The van der Waals surface area contributed by atoms with Crippen LogP contribution >= 0.6 is 0 Å². The van der Waals surface area contributed by atoms with Crippen molar-refractivity contribution in [1.29, 1.82) is 0 Å². The Balaban J connectivity index is 2.24. The van der Waals surface area contributed by atoms with E-state index in [1.165, 1.54) is 51.4 Å². The van der Waals surface area contributed by atoms with Gasteiger partial charge in [0.1, 0.15) is 0 Å². The molecule has 13 heavy (non-hydrogen) atoms. The largest absolute Gasteiger partial charge is 0.362 e. The van der Waals surface area contributed by atoms with E-state index in [-0.39, 0.29) is 0 Å². The van der Waals surface area contributed by atoms with Gasteiger partial charge in [-0.25, -0.2) is 0 Å². The van der Waals surface area contributed by atoms with Gasteiger partial charge in [0.05, 0.1) is 11.8 Å². The number of hydrogen-bond donors (Lipinski definition) is 0. The average Bonchev–Trinajstić information content (AvgIpc) is 2.47. The second kappa shape index (κ2) is 4.06. The molecule has 0 aromatic carbocycles. The monoisotopic (exact) mass is 178 g/mol. The van der Waals surface area contributed by atoms with Crippen molar-refractivity contribution in [3.63, 3.8) is 0 Å². The van der Waals surface area contributed by atoms with E-state index in [1.807, 2.05) is 0 Å². The summed E-state index contributed by atoms with van der Waals surface area (Å²) in [6, 6.07) is 0. The maximum absolute atomic E-state index is 9.03. The molecular weight excluding hydrogens is 160 g/mol. The van der Waals surface area contributed by atoms with Crippen LogP contribution in [-0.4, -0.2) is 10.5 Å². The minimum atomic E-state index is 0.611. The van der Waals surface area contributed by atoms with Gasteiger partial charge in [0, 0.05) is 0 Å². The van der Waals surface area contributed by atoms with Gasteiger partial charge < -0.3 is 5.53 Å². The zero-order valence-electron chi connectivity index (χ0n) is 8.21. The van der Waals surface area contributed by atoms with Crippen LogP contribution in [0.5, 0.6) is 0 Å². The fourth-order valence-corrected chi connectivity index (χ4v) is 2.94. The lowest BCUT2D eigenvalue weighted by molar-refractivity contribution is -0.0207. The lowest BCUT2D eigenvalue weighted by Gasteiger charge is -2.08. The predicted octanol–water partition coefficient (Wildman–Crippen LogP) is 3.04. The Morgan fingerprint density at radius 1 is 0.846 bits per heavy atom. The van der Waals surface area contributed by atoms with Crippen molar-refractivity contribution in [3.8, 4) is 0 Å². The van der Waals surface area contributed by atoms with Crippen LogP contribution in [-0.2, 0) is 0 Å². The second-order valence-corrected chi connectivity index (χ2v) is 4.49. The minimum absolute atomic E-state index is 0.611. The summed E-state index contributed by atoms with van der Waals surface area (Å²) in [5.41, 5.74) is 10.2. The standard InChI is InChI=1S/C11H18N2/c12-13-11-9-5-1-2-6-10(11)8-4-3-7-9/h9-10H,1-8H2. The van der Waals surface area contributed by atoms with Gasteiger partial charge in [0.2, 0.25) is 0 Å². The number of nitrogens with zero attached hydrogens (tertiary/aromatic N) is 2. The Labute approximate surface area is 80.0 Å². The predicted molar refractivity (Wildman–Crippen MR) is 52.5 cm³/mol. The SMILES string of the molecule is [N-]=[N+]=C1C2CCCCC1CCCC2. The molecule has 0 unspecified atom stereocenters. The third-order valence-corrected chi connectivity index (χ3v) is 3.66. The molecule has 0 aromatic rings. The highest BCUT2D eigenvalue weighted by Crippen LogP contribution is 2.34. The lowest BCUT2D eigenvalue weighted by Crippen LogP contribution is -2.20. The van der Waals surface area contributed by atoms with E-state index < -0.39 is 0 Å². The Hall–Kier alpha value is -0.620. The second-order valence-electron chi connectivity index (χ2n) is 4.49. The maximum Gasteiger partial charge on any atom is 0.274 e. The van der Waals surface area contributed by atoms with Gasteiger partial charge in [0.25, 0.3) is 5.71 Å². The van der Waals surface area contributed by atoms with E-state index in [9.17, 15) is 0 Å². The van der Waals surface area contributed by atoms with Crippen LogP contribution in [0.15, 0.2) is 0 Å². The molecule has 0 heterocycles. The smallest absolute Gasteiger partial charge is 0.274 e. The lowest BCUT2D eigenvalue weighted by atomic mass is 9.89. The summed E-state index contributed by atoms with van der Waals surface area (Å²) in [6.45, 7) is 0. The zero-order valence-corrected chi connectivity index (χ0v) is 8.21. The summed E-state index contributed by atoms with van der Waals surface area (Å²) in [4.78, 5) is 3.57. The van der Waals surface area contributed by atoms with Crippen molar-refractivity contribution >= 4 is 5.71 Å². The molecule has 0 spiro atoms. The highest BCUT2D eigenvalue weighted by Gasteiger charge is 2.35. The molecule has 2 aliphatic carbocycles. The highest BCUT2D eigenvalue weighted by molar-refractivity contribution is 5.84. The summed E-state index contributed by atoms with van der Waals surface area (Å²) in [6.07, 6.45) is 10.4. The average molecular weight is 178 g/mol. The van der Waals surface area contributed by atoms with E-state index in [2.05, 4.69) is 4.79 Å². The summed E-state index contributed by atoms with van der Waals surface area (Å²) < 4.78 is 0. The third kappa shape index (κ3) is 1.83. The molecule has 0 saturated heterocycles. The number of rotatable bonds is 0. The van der Waals surface area contributed by atoms with Crippen LogP contribution in [0.3, 0.4) is 0 Å². The molecule has 0 N–H and O–H groups in total. The first-order chi connectivity index (χ1) is 6.42. The Kier molecular flexibility index (Phi) is 2.80. The van der Waals surface area contributed by atoms with Crippen molar-refractivity contribution in [3.05, 3.63) is 5.53 Å². The molecule has 0 atom stereocenters. The molecule has 2 nitrogen and oxygen atoms in total. The molecule has 2 bridgehead atoms. The fraction of sp³-hybridized carbons (Fsp3) is 0.909. The van der Waals surface area contributed by atoms with Crippen LogP contribution < -0.4 is 0 Å². The summed E-state index contributed by atoms with van der Waals surface area (Å²) in [5, 5.41) is 0. The van der Waals surface area contributed by atoms with Crippen molar-refractivity contribution in [2.24, 2.45) is 11.8 Å². The number of hydrogen-bond acceptors (Lipinski definition) is 0. The quantitative estimate of drug-likeness (QED) is 0.404. The van der Waals surface area contributed by atoms with E-state index in [0.29, 0.717) is 11.8 Å². The molecule has 72 valence electrons. The van der Waals surface area contributed by atoms with Crippen molar-refractivity contribution in [1.82, 2.24) is 0 Å². The first-order valence-corrected chi connectivity index (χ1v) is 5.63. The zero-order chi connectivity index (χ0) is 9.10. The van der Waals surface area contributed by atoms with Crippen molar-refractivity contribution in [2.45, 2.75) is 51.4 Å². The van der Waals surface area contributed by atoms with Gasteiger partial charge in [-0.3, -0.25) is 0 Å². The van der Waals surface area contributed by atoms with Crippen molar-refractivity contribution < 1.29 is 4.79 Å². The van der Waals surface area contributed by atoms with Gasteiger partial charge in [-0.05, 0) is 25.7 Å². The van der Waals surface area contributed by atoms with Crippen molar-refractivity contribution in [2.75, 3.05) is 0 Å². The van der Waals surface area contributed by atoms with Gasteiger partial charge in [-0.1, -0.05) is 25.7 Å². The summed E-state index contributed by atoms with van der Waals surface area (Å²) in [5.74, 6) is 1.22. The molecule has 2 rings (SSSR count). The maximum atomic E-state index is 9.03. The first-order valence-electron chi connectivity index (χ1n) is 5.63. The summed E-state index contributed by atoms with van der Waals surface area (Å²) in [7, 11) is 0. The molecule has 0 aliphatic heterocycles. The van der Waals surface area contributed by atoms with Gasteiger partial charge in [0.15, 0.2) is 0 Å². The van der Waals surface area contributed by atoms with Crippen LogP contribution in [0.2, 0.25) is 0 Å². The van der Waals surface area contributed by atoms with Crippen LogP contribution in [0.4, 0.5) is 0 Å². The molecule has 2 saturated carbocycles. The molecule has 2 fully saturated rings. The molecule has 0 aromatic heterocycles. The highest BCUT2D eigenvalue weighted by atomic mass is 14.9. The molecular formula is C11H18N2. The van der Waals surface area contributed by atoms with E-state index >= 15 is 0 Å². The summed E-state index contributed by atoms with van der Waals surface area (Å²) >= 11 is 0. The molecule has 2 heteroatoms. The van der Waals surface area contributed by atoms with Gasteiger partial charge >= 0.3 is 0 Å². The van der Waals surface area contributed by atoms with Crippen LogP contribution in [0.25, 0.3) is 5.53 Å². The first kappa shape index (κ1) is 8.96. The molecule has 0 radical (unpaired) electrons. The topological polar surface area (TPSA) is 36.4 Å². The van der Waals surface area contributed by atoms with Gasteiger partial charge in [-0.15, -0.1) is 0 Å². The minimum Gasteiger partial charge on any atom is -0.362 e. The normalized spacial score (nSPS) is 34.6. The third-order valence-electron chi connectivity index (χ3n) is 3.66. The Bertz CT molecular complexity index is 198. The van der Waals surface area contributed by atoms with E-state index in [1.54, 1.807) is 0 Å². The van der Waals surface area contributed by atoms with E-state index in [0.717, 1.165) is 5.71 Å².